The molecule has 0 saturated heterocycles. The van der Waals surface area contributed by atoms with Crippen molar-refractivity contribution in [3.63, 3.8) is 0 Å². The van der Waals surface area contributed by atoms with Gasteiger partial charge < -0.3 is 0 Å². The van der Waals surface area contributed by atoms with E-state index in [-0.39, 0.29) is 7.92 Å². The van der Waals surface area contributed by atoms with E-state index in [0.29, 0.717) is 8.58 Å². The normalized spacial score (nSPS) is 12.9. The van der Waals surface area contributed by atoms with Gasteiger partial charge in [-0.1, -0.05) is 63.4 Å². The van der Waals surface area contributed by atoms with Crippen LogP contribution in [0.5, 0.6) is 0 Å². The predicted octanol–water partition coefficient (Wildman–Crippen LogP) is 4.38. The Balaban J connectivity index is 1.86. The zero-order valence-corrected chi connectivity index (χ0v) is 13.0. The molecule has 94 valence electrons. The average Bonchev–Trinajstić information content (AvgIpc) is 2.45. The Labute approximate surface area is 113 Å². The highest BCUT2D eigenvalue weighted by Crippen LogP contribution is 2.44. The minimum absolute atomic E-state index is 0.179. The molecule has 0 fully saturated rings. The molecule has 0 saturated carbocycles. The van der Waals surface area contributed by atoms with Crippen LogP contribution in [-0.4, -0.2) is 12.1 Å². The quantitative estimate of drug-likeness (QED) is 0.686. The van der Waals surface area contributed by atoms with E-state index in [1.165, 1.54) is 23.8 Å². The van der Waals surface area contributed by atoms with Crippen LogP contribution in [0.15, 0.2) is 60.7 Å². The first-order valence-electron chi connectivity index (χ1n) is 6.53. The van der Waals surface area contributed by atoms with Gasteiger partial charge >= 0.3 is 0 Å². The third-order valence-electron chi connectivity index (χ3n) is 3.08. The summed E-state index contributed by atoms with van der Waals surface area (Å²) in [5, 5.41) is 1.56. The van der Waals surface area contributed by atoms with Gasteiger partial charge in [-0.2, -0.15) is 0 Å². The van der Waals surface area contributed by atoms with Crippen LogP contribution in [0.4, 0.5) is 0 Å². The topological polar surface area (TPSA) is 0 Å². The molecule has 0 spiro atoms. The summed E-state index contributed by atoms with van der Waals surface area (Å²) in [5.41, 5.74) is 1.51. The van der Waals surface area contributed by atoms with E-state index in [9.17, 15) is 0 Å². The van der Waals surface area contributed by atoms with Crippen LogP contribution in [0.3, 0.4) is 0 Å². The van der Waals surface area contributed by atoms with E-state index in [0.717, 1.165) is 0 Å². The van der Waals surface area contributed by atoms with Crippen LogP contribution >= 0.6 is 16.5 Å². The molecule has 0 aromatic heterocycles. The van der Waals surface area contributed by atoms with E-state index in [2.05, 4.69) is 67.6 Å². The molecule has 0 amide bonds. The van der Waals surface area contributed by atoms with Crippen molar-refractivity contribution in [1.82, 2.24) is 0 Å². The van der Waals surface area contributed by atoms with Crippen molar-refractivity contribution in [2.45, 2.75) is 13.1 Å². The summed E-state index contributed by atoms with van der Waals surface area (Å²) >= 11 is 0. The molecule has 0 radical (unpaired) electrons. The maximum atomic E-state index is 2.35. The lowest BCUT2D eigenvalue weighted by Crippen LogP contribution is -1.95. The summed E-state index contributed by atoms with van der Waals surface area (Å²) in [7, 11) is 0.636. The summed E-state index contributed by atoms with van der Waals surface area (Å²) in [6.45, 7) is 2.35. The molecule has 2 atom stereocenters. The SMILES string of the molecule is CCP(C[PH2+]c1ccccc1)Cc1ccccc1. The third-order valence-corrected chi connectivity index (χ3v) is 8.44. The van der Waals surface area contributed by atoms with E-state index >= 15 is 0 Å². The number of rotatable bonds is 6. The van der Waals surface area contributed by atoms with Gasteiger partial charge in [0.2, 0.25) is 0 Å². The summed E-state index contributed by atoms with van der Waals surface area (Å²) in [6, 6.07) is 21.9. The summed E-state index contributed by atoms with van der Waals surface area (Å²) < 4.78 is 0. The van der Waals surface area contributed by atoms with Crippen molar-refractivity contribution >= 4 is 21.8 Å². The lowest BCUT2D eigenvalue weighted by atomic mass is 10.2. The number of hydrogen-bond donors (Lipinski definition) is 0. The second-order valence-corrected chi connectivity index (χ2v) is 9.25. The summed E-state index contributed by atoms with van der Waals surface area (Å²) in [4.78, 5) is 0. The minimum Gasteiger partial charge on any atom is -0.0626 e. The molecule has 0 aliphatic carbocycles. The smallest absolute Gasteiger partial charge is 0.0626 e. The summed E-state index contributed by atoms with van der Waals surface area (Å²) in [5.74, 6) is 1.44. The van der Waals surface area contributed by atoms with Crippen molar-refractivity contribution in [3.8, 4) is 0 Å². The average molecular weight is 275 g/mol. The zero-order valence-electron chi connectivity index (χ0n) is 10.9. The maximum absolute atomic E-state index is 2.35. The van der Waals surface area contributed by atoms with Gasteiger partial charge in [-0.25, -0.2) is 0 Å². The number of hydrogen-bond acceptors (Lipinski definition) is 0. The Kier molecular flexibility index (Phi) is 5.85. The van der Waals surface area contributed by atoms with Gasteiger partial charge in [0, 0.05) is 8.58 Å². The largest absolute Gasteiger partial charge is 0.0893 e. The minimum atomic E-state index is 0.179. The van der Waals surface area contributed by atoms with Crippen molar-refractivity contribution < 1.29 is 0 Å². The van der Waals surface area contributed by atoms with E-state index in [4.69, 9.17) is 0 Å². The van der Waals surface area contributed by atoms with E-state index < -0.39 is 0 Å². The van der Waals surface area contributed by atoms with Gasteiger partial charge in [0.05, 0.1) is 11.2 Å². The van der Waals surface area contributed by atoms with Gasteiger partial charge in [0.25, 0.3) is 0 Å². The van der Waals surface area contributed by atoms with Gasteiger partial charge in [-0.15, -0.1) is 0 Å². The molecule has 0 bridgehead atoms. The molecule has 2 aromatic carbocycles. The van der Waals surface area contributed by atoms with Crippen molar-refractivity contribution in [2.75, 3.05) is 12.1 Å². The molecule has 2 aromatic rings. The lowest BCUT2D eigenvalue weighted by molar-refractivity contribution is 1.35. The molecule has 0 heterocycles. The molecule has 18 heavy (non-hydrogen) atoms. The summed E-state index contributed by atoms with van der Waals surface area (Å²) in [6.07, 6.45) is 2.65. The van der Waals surface area contributed by atoms with Crippen molar-refractivity contribution in [3.05, 3.63) is 66.2 Å². The Morgan fingerprint density at radius 2 is 1.50 bits per heavy atom. The van der Waals surface area contributed by atoms with Crippen LogP contribution in [-0.2, 0) is 6.16 Å². The Morgan fingerprint density at radius 3 is 2.11 bits per heavy atom. The molecular weight excluding hydrogens is 254 g/mol. The first-order chi connectivity index (χ1) is 8.88. The maximum Gasteiger partial charge on any atom is 0.0893 e. The first kappa shape index (κ1) is 13.7. The molecule has 2 rings (SSSR count). The van der Waals surface area contributed by atoms with Gasteiger partial charge in [0.1, 0.15) is 0 Å². The molecular formula is C16H21P2+. The molecule has 0 nitrogen and oxygen atoms in total. The second-order valence-electron chi connectivity index (χ2n) is 4.43. The van der Waals surface area contributed by atoms with E-state index in [1.807, 2.05) is 0 Å². The number of benzene rings is 2. The van der Waals surface area contributed by atoms with Gasteiger partial charge in [-0.05, 0) is 30.0 Å². The van der Waals surface area contributed by atoms with Gasteiger partial charge in [0.15, 0.2) is 0 Å². The Hall–Kier alpha value is -0.700. The fraction of sp³-hybridized carbons (Fsp3) is 0.250. The van der Waals surface area contributed by atoms with Crippen LogP contribution in [0.1, 0.15) is 12.5 Å². The van der Waals surface area contributed by atoms with Crippen LogP contribution in [0, 0.1) is 0 Å². The fourth-order valence-electron chi connectivity index (χ4n) is 1.97. The fourth-order valence-corrected chi connectivity index (χ4v) is 6.84. The monoisotopic (exact) mass is 275 g/mol. The van der Waals surface area contributed by atoms with Crippen molar-refractivity contribution in [2.24, 2.45) is 0 Å². The molecule has 0 aliphatic heterocycles. The first-order valence-corrected chi connectivity index (χ1v) is 9.82. The Morgan fingerprint density at radius 1 is 0.889 bits per heavy atom. The highest BCUT2D eigenvalue weighted by atomic mass is 31.2. The third kappa shape index (κ3) is 4.52. The second kappa shape index (κ2) is 7.67. The van der Waals surface area contributed by atoms with Crippen LogP contribution in [0.2, 0.25) is 0 Å². The molecule has 2 unspecified atom stereocenters. The van der Waals surface area contributed by atoms with E-state index in [1.54, 1.807) is 5.30 Å². The lowest BCUT2D eigenvalue weighted by Gasteiger charge is -2.12. The molecule has 2 heteroatoms. The standard InChI is InChI=1S/C16H20P2/c1-2-18(13-15-9-5-3-6-10-15)14-17-16-11-7-4-8-12-16/h3-12,17H,2,13-14H2,1H3/p+1. The highest BCUT2D eigenvalue weighted by Gasteiger charge is 2.10. The molecule has 0 aliphatic rings. The predicted molar refractivity (Wildman–Crippen MR) is 88.3 cm³/mol. The van der Waals surface area contributed by atoms with Crippen LogP contribution in [0.25, 0.3) is 0 Å². The van der Waals surface area contributed by atoms with Crippen LogP contribution < -0.4 is 5.30 Å². The Bertz CT molecular complexity index is 439. The highest BCUT2D eigenvalue weighted by molar-refractivity contribution is 7.69. The zero-order chi connectivity index (χ0) is 12.6. The molecule has 0 N–H and O–H groups in total. The van der Waals surface area contributed by atoms with Gasteiger partial charge in [-0.3, -0.25) is 0 Å². The van der Waals surface area contributed by atoms with Crippen molar-refractivity contribution in [1.29, 1.82) is 0 Å².